The number of benzene rings is 2. The zero-order valence-corrected chi connectivity index (χ0v) is 24.3. The third-order valence-electron chi connectivity index (χ3n) is 8.18. The van der Waals surface area contributed by atoms with Crippen molar-refractivity contribution in [2.45, 2.75) is 62.6 Å². The van der Waals surface area contributed by atoms with Crippen molar-refractivity contribution in [2.75, 3.05) is 12.0 Å². The molecular formula is C29H25Cl2N3O6S. The van der Waals surface area contributed by atoms with Gasteiger partial charge in [0, 0.05) is 42.5 Å². The van der Waals surface area contributed by atoms with Crippen LogP contribution in [-0.4, -0.2) is 52.5 Å². The van der Waals surface area contributed by atoms with Crippen LogP contribution in [0, 0.1) is 0 Å². The van der Waals surface area contributed by atoms with Crippen molar-refractivity contribution >= 4 is 61.8 Å². The average molecular weight is 615 g/mol. The van der Waals surface area contributed by atoms with Gasteiger partial charge in [0.1, 0.15) is 28.7 Å². The number of esters is 1. The van der Waals surface area contributed by atoms with Crippen molar-refractivity contribution in [3.63, 3.8) is 0 Å². The number of aromatic carboxylic acids is 1. The number of aromatic nitrogens is 2. The highest BCUT2D eigenvalue weighted by Crippen LogP contribution is 2.47. The van der Waals surface area contributed by atoms with Gasteiger partial charge in [0.15, 0.2) is 10.9 Å². The quantitative estimate of drug-likeness (QED) is 0.216. The van der Waals surface area contributed by atoms with E-state index in [1.54, 1.807) is 30.3 Å². The number of methoxy groups -OCH3 is 1. The number of hydrogen-bond acceptors (Lipinski definition) is 9. The second kappa shape index (κ2) is 10.2. The Morgan fingerprint density at radius 2 is 1.80 bits per heavy atom. The van der Waals surface area contributed by atoms with E-state index < -0.39 is 11.9 Å². The van der Waals surface area contributed by atoms with Crippen LogP contribution >= 0.6 is 34.5 Å². The minimum absolute atomic E-state index is 0.112. The molecule has 12 heteroatoms. The minimum Gasteiger partial charge on any atom is -0.496 e. The van der Waals surface area contributed by atoms with Crippen molar-refractivity contribution in [3.05, 3.63) is 57.3 Å². The van der Waals surface area contributed by atoms with E-state index in [4.69, 9.17) is 42.2 Å². The summed E-state index contributed by atoms with van der Waals surface area (Å²) in [5, 5.41) is 15.4. The van der Waals surface area contributed by atoms with Gasteiger partial charge >= 0.3 is 11.9 Å². The summed E-state index contributed by atoms with van der Waals surface area (Å²) in [5.41, 5.74) is 1.91. The third kappa shape index (κ3) is 4.62. The summed E-state index contributed by atoms with van der Waals surface area (Å²) >= 11 is 14.4. The first kappa shape index (κ1) is 26.6. The lowest BCUT2D eigenvalue weighted by atomic mass is 9.99. The number of nitrogens with zero attached hydrogens (tertiary/aromatic N) is 3. The fourth-order valence-electron chi connectivity index (χ4n) is 6.15. The highest BCUT2D eigenvalue weighted by Gasteiger charge is 2.45. The summed E-state index contributed by atoms with van der Waals surface area (Å²) in [4.78, 5) is 32.5. The molecule has 0 radical (unpaired) electrons. The molecule has 9 nitrogen and oxygen atoms in total. The van der Waals surface area contributed by atoms with Crippen LogP contribution in [0.2, 0.25) is 10.0 Å². The van der Waals surface area contributed by atoms with Gasteiger partial charge in [-0.3, -0.25) is 0 Å². The molecule has 0 spiro atoms. The molecule has 3 atom stereocenters. The van der Waals surface area contributed by atoms with E-state index in [0.29, 0.717) is 51.0 Å². The largest absolute Gasteiger partial charge is 0.496 e. The average Bonchev–Trinajstić information content (AvgIpc) is 3.46. The fraction of sp³-hybridized carbons (Fsp3) is 0.379. The van der Waals surface area contributed by atoms with Crippen LogP contribution in [0.3, 0.4) is 0 Å². The van der Waals surface area contributed by atoms with Crippen molar-refractivity contribution in [1.29, 1.82) is 0 Å². The molecule has 2 aromatic carbocycles. The van der Waals surface area contributed by atoms with E-state index in [1.165, 1.54) is 18.4 Å². The lowest BCUT2D eigenvalue weighted by Gasteiger charge is -2.38. The van der Waals surface area contributed by atoms with Crippen LogP contribution in [0.1, 0.15) is 70.9 Å². The molecule has 1 N–H and O–H groups in total. The molecule has 3 fully saturated rings. The van der Waals surface area contributed by atoms with Crippen LogP contribution in [0.15, 0.2) is 34.9 Å². The number of rotatable bonds is 7. The molecule has 41 heavy (non-hydrogen) atoms. The van der Waals surface area contributed by atoms with Gasteiger partial charge in [0.25, 0.3) is 0 Å². The Hall–Kier alpha value is -3.34. The molecule has 0 amide bonds. The summed E-state index contributed by atoms with van der Waals surface area (Å²) < 4.78 is 17.9. The minimum atomic E-state index is -1.04. The summed E-state index contributed by atoms with van der Waals surface area (Å²) in [6, 6.07) is 8.74. The highest BCUT2D eigenvalue weighted by atomic mass is 35.5. The van der Waals surface area contributed by atoms with Crippen molar-refractivity contribution in [1.82, 2.24) is 10.1 Å². The predicted octanol–water partition coefficient (Wildman–Crippen LogP) is 7.20. The zero-order valence-electron chi connectivity index (χ0n) is 21.9. The van der Waals surface area contributed by atoms with E-state index >= 15 is 0 Å². The topological polar surface area (TPSA) is 115 Å². The number of thiazole rings is 1. The molecule has 3 aliphatic rings. The zero-order chi connectivity index (χ0) is 28.4. The van der Waals surface area contributed by atoms with Crippen molar-refractivity contribution < 1.29 is 28.7 Å². The van der Waals surface area contributed by atoms with E-state index in [2.05, 4.69) is 10.1 Å². The number of hydrogen-bond donors (Lipinski definition) is 1. The van der Waals surface area contributed by atoms with Gasteiger partial charge in [-0.1, -0.05) is 45.8 Å². The van der Waals surface area contributed by atoms with Gasteiger partial charge in [-0.15, -0.1) is 0 Å². The van der Waals surface area contributed by atoms with E-state index in [9.17, 15) is 14.7 Å². The molecule has 2 aromatic heterocycles. The number of halogens is 2. The molecule has 2 saturated heterocycles. The molecule has 2 bridgehead atoms. The first-order chi connectivity index (χ1) is 19.8. The molecule has 2 aliphatic heterocycles. The Balaban J connectivity index is 1.14. The highest BCUT2D eigenvalue weighted by molar-refractivity contribution is 7.22. The van der Waals surface area contributed by atoms with Gasteiger partial charge in [-0.05, 0) is 43.9 Å². The maximum absolute atomic E-state index is 13.7. The number of fused-ring (bicyclic) bond motifs is 3. The number of carboxylic acid groups (broad SMARTS) is 1. The lowest BCUT2D eigenvalue weighted by Crippen LogP contribution is -2.46. The molecule has 1 aliphatic carbocycles. The Bertz CT molecular complexity index is 1660. The maximum Gasteiger partial charge on any atom is 0.344 e. The number of carbonyl (C=O) groups is 2. The molecular weight excluding hydrogens is 589 g/mol. The Morgan fingerprint density at radius 3 is 2.44 bits per heavy atom. The van der Waals surface area contributed by atoms with E-state index in [-0.39, 0.29) is 35.4 Å². The Labute approximate surface area is 248 Å². The molecule has 1 saturated carbocycles. The Morgan fingerprint density at radius 1 is 1.10 bits per heavy atom. The monoisotopic (exact) mass is 613 g/mol. The molecule has 0 unspecified atom stereocenters. The van der Waals surface area contributed by atoms with Crippen LogP contribution in [0.25, 0.3) is 21.5 Å². The number of anilines is 1. The molecule has 4 heterocycles. The van der Waals surface area contributed by atoms with E-state index in [0.717, 1.165) is 35.5 Å². The summed E-state index contributed by atoms with van der Waals surface area (Å²) in [5.74, 6) is -0.555. The van der Waals surface area contributed by atoms with E-state index in [1.807, 2.05) is 0 Å². The second-order valence-corrected chi connectivity index (χ2v) is 12.6. The van der Waals surface area contributed by atoms with Crippen molar-refractivity contribution in [3.8, 4) is 17.0 Å². The normalized spacial score (nSPS) is 21.8. The summed E-state index contributed by atoms with van der Waals surface area (Å²) in [6.07, 6.45) is 4.81. The molecule has 7 rings (SSSR count). The third-order valence-corrected chi connectivity index (χ3v) is 9.85. The smallest absolute Gasteiger partial charge is 0.344 e. The van der Waals surface area contributed by atoms with Crippen molar-refractivity contribution in [2.24, 2.45) is 0 Å². The maximum atomic E-state index is 13.7. The number of piperidine rings is 1. The van der Waals surface area contributed by atoms with Crippen LogP contribution in [0.4, 0.5) is 5.13 Å². The first-order valence-corrected chi connectivity index (χ1v) is 15.0. The summed E-state index contributed by atoms with van der Waals surface area (Å²) in [6.45, 7) is 0. The summed E-state index contributed by atoms with van der Waals surface area (Å²) in [7, 11) is 1.45. The van der Waals surface area contributed by atoms with Gasteiger partial charge in [-0.25, -0.2) is 14.6 Å². The number of carboxylic acids is 1. The first-order valence-electron chi connectivity index (χ1n) is 13.5. The molecule has 4 aromatic rings. The van der Waals surface area contributed by atoms with Gasteiger partial charge in [-0.2, -0.15) is 0 Å². The standard InChI is InChI=1S/C29H25Cl2N3O6S/c1-38-21-12-20-22(11-17(21)27(35)36)41-29(32-20)34-14-7-8-15(34)10-16(9-14)39-28(37)24-25(33-40-26(24)13-5-6-13)23-18(30)3-2-4-19(23)31/h2-4,11-16H,5-10H2,1H3,(H,35,36)/t14-,15+,16-. The van der Waals surface area contributed by atoms with Gasteiger partial charge in [0.05, 0.1) is 27.4 Å². The number of carbonyl (C=O) groups excluding carboxylic acids is 1. The van der Waals surface area contributed by atoms with Crippen LogP contribution in [0.5, 0.6) is 5.75 Å². The number of ether oxygens (including phenoxy) is 2. The SMILES string of the molecule is COc1cc2nc(N3[C@@H]4CC[C@H]3C[C@H](OC(=O)c3c(-c5c(Cl)cccc5Cl)noc3C3CC3)C4)sc2cc1C(=O)O. The van der Waals surface area contributed by atoms with Crippen LogP contribution in [-0.2, 0) is 4.74 Å². The van der Waals surface area contributed by atoms with Gasteiger partial charge in [0.2, 0.25) is 0 Å². The van der Waals surface area contributed by atoms with Gasteiger partial charge < -0.3 is 24.0 Å². The Kier molecular flexibility index (Phi) is 6.59. The second-order valence-electron chi connectivity index (χ2n) is 10.8. The fourth-order valence-corrected chi connectivity index (χ4v) is 7.86. The lowest BCUT2D eigenvalue weighted by molar-refractivity contribution is 0.0202. The molecule has 212 valence electrons. The van der Waals surface area contributed by atoms with Crippen LogP contribution < -0.4 is 9.64 Å². The predicted molar refractivity (Wildman–Crippen MR) is 155 cm³/mol.